The molecule has 0 aliphatic carbocycles. The molecule has 102 valence electrons. The molecule has 0 amide bonds. The standard InChI is InChI=1S/C15H13NO4/c17-14(18)9-12(15(19)20)13-7-4-8-16(13)10-11-5-2-1-3-6-11/h1-9H,10H2,(H,17,18)(H,19,20)/b12-9+. The van der Waals surface area contributed by atoms with Gasteiger partial charge in [0, 0.05) is 18.8 Å². The van der Waals surface area contributed by atoms with E-state index in [-0.39, 0.29) is 5.57 Å². The summed E-state index contributed by atoms with van der Waals surface area (Å²) in [5.74, 6) is -2.55. The molecule has 0 aliphatic heterocycles. The summed E-state index contributed by atoms with van der Waals surface area (Å²) >= 11 is 0. The van der Waals surface area contributed by atoms with Gasteiger partial charge in [-0.05, 0) is 17.7 Å². The topological polar surface area (TPSA) is 79.5 Å². The van der Waals surface area contributed by atoms with E-state index in [1.165, 1.54) is 0 Å². The number of rotatable bonds is 5. The molecule has 1 heterocycles. The lowest BCUT2D eigenvalue weighted by Gasteiger charge is -2.09. The van der Waals surface area contributed by atoms with Crippen molar-refractivity contribution in [2.45, 2.75) is 6.54 Å². The zero-order valence-electron chi connectivity index (χ0n) is 10.6. The third-order valence-corrected chi connectivity index (χ3v) is 2.80. The Kier molecular flexibility index (Phi) is 4.00. The van der Waals surface area contributed by atoms with Crippen LogP contribution in [0.15, 0.2) is 54.7 Å². The van der Waals surface area contributed by atoms with Crippen molar-refractivity contribution in [3.05, 3.63) is 66.0 Å². The lowest BCUT2D eigenvalue weighted by molar-refractivity contribution is -0.133. The Bertz CT molecular complexity index is 656. The number of carboxylic acid groups (broad SMARTS) is 2. The number of aliphatic carboxylic acids is 2. The van der Waals surface area contributed by atoms with E-state index in [1.807, 2.05) is 30.3 Å². The highest BCUT2D eigenvalue weighted by molar-refractivity contribution is 6.18. The largest absolute Gasteiger partial charge is 0.478 e. The summed E-state index contributed by atoms with van der Waals surface area (Å²) in [7, 11) is 0. The molecule has 2 N–H and O–H groups in total. The van der Waals surface area contributed by atoms with Crippen molar-refractivity contribution in [2.24, 2.45) is 0 Å². The zero-order chi connectivity index (χ0) is 14.5. The Morgan fingerprint density at radius 3 is 2.35 bits per heavy atom. The molecule has 0 aliphatic rings. The van der Waals surface area contributed by atoms with E-state index in [0.29, 0.717) is 18.3 Å². The number of benzene rings is 1. The number of carboxylic acids is 2. The molecular formula is C15H13NO4. The summed E-state index contributed by atoms with van der Waals surface area (Å²) in [6, 6.07) is 12.8. The molecule has 0 atom stereocenters. The van der Waals surface area contributed by atoms with Crippen LogP contribution < -0.4 is 0 Å². The lowest BCUT2D eigenvalue weighted by atomic mass is 10.1. The molecule has 2 rings (SSSR count). The molecule has 0 bridgehead atoms. The number of hydrogen-bond acceptors (Lipinski definition) is 2. The van der Waals surface area contributed by atoms with E-state index in [9.17, 15) is 9.59 Å². The van der Waals surface area contributed by atoms with Crippen LogP contribution in [0.5, 0.6) is 0 Å². The quantitative estimate of drug-likeness (QED) is 0.816. The van der Waals surface area contributed by atoms with Gasteiger partial charge in [0.25, 0.3) is 0 Å². The van der Waals surface area contributed by atoms with Gasteiger partial charge in [-0.2, -0.15) is 0 Å². The van der Waals surface area contributed by atoms with Gasteiger partial charge in [0.15, 0.2) is 0 Å². The average Bonchev–Trinajstić information content (AvgIpc) is 2.84. The predicted molar refractivity (Wildman–Crippen MR) is 73.2 cm³/mol. The monoisotopic (exact) mass is 271 g/mol. The molecule has 1 aromatic carbocycles. The SMILES string of the molecule is O=C(O)/C=C(/C(=O)O)c1cccn1Cc1ccccc1. The first kappa shape index (κ1) is 13.6. The van der Waals surface area contributed by atoms with E-state index >= 15 is 0 Å². The molecule has 5 nitrogen and oxygen atoms in total. The van der Waals surface area contributed by atoms with E-state index in [0.717, 1.165) is 5.56 Å². The van der Waals surface area contributed by atoms with Gasteiger partial charge in [-0.25, -0.2) is 9.59 Å². The van der Waals surface area contributed by atoms with Gasteiger partial charge in [0.05, 0.1) is 11.3 Å². The molecule has 0 spiro atoms. The maximum Gasteiger partial charge on any atom is 0.338 e. The number of nitrogens with zero attached hydrogens (tertiary/aromatic N) is 1. The van der Waals surface area contributed by atoms with E-state index < -0.39 is 11.9 Å². The Morgan fingerprint density at radius 2 is 1.75 bits per heavy atom. The predicted octanol–water partition coefficient (Wildman–Crippen LogP) is 2.09. The minimum atomic E-state index is -1.28. The van der Waals surface area contributed by atoms with Crippen molar-refractivity contribution >= 4 is 17.5 Å². The van der Waals surface area contributed by atoms with Crippen LogP contribution in [-0.2, 0) is 16.1 Å². The van der Waals surface area contributed by atoms with Crippen molar-refractivity contribution in [2.75, 3.05) is 0 Å². The summed E-state index contributed by atoms with van der Waals surface area (Å²) in [6.07, 6.45) is 2.43. The Morgan fingerprint density at radius 1 is 1.05 bits per heavy atom. The highest BCUT2D eigenvalue weighted by Gasteiger charge is 2.16. The maximum absolute atomic E-state index is 11.2. The third kappa shape index (κ3) is 3.14. The Balaban J connectivity index is 2.37. The van der Waals surface area contributed by atoms with Crippen LogP contribution in [0.3, 0.4) is 0 Å². The second kappa shape index (κ2) is 5.88. The maximum atomic E-state index is 11.2. The molecule has 2 aromatic rings. The van der Waals surface area contributed by atoms with Gasteiger partial charge in [-0.1, -0.05) is 30.3 Å². The van der Waals surface area contributed by atoms with Crippen LogP contribution in [-0.4, -0.2) is 26.7 Å². The van der Waals surface area contributed by atoms with Gasteiger partial charge in [-0.3, -0.25) is 0 Å². The van der Waals surface area contributed by atoms with Gasteiger partial charge < -0.3 is 14.8 Å². The summed E-state index contributed by atoms with van der Waals surface area (Å²) in [4.78, 5) is 21.9. The number of carbonyl (C=O) groups is 2. The molecule has 0 unspecified atom stereocenters. The second-order valence-corrected chi connectivity index (χ2v) is 4.21. The normalized spacial score (nSPS) is 11.3. The smallest absolute Gasteiger partial charge is 0.338 e. The summed E-state index contributed by atoms with van der Waals surface area (Å²) < 4.78 is 1.71. The van der Waals surface area contributed by atoms with E-state index in [2.05, 4.69) is 0 Å². The highest BCUT2D eigenvalue weighted by Crippen LogP contribution is 2.17. The minimum Gasteiger partial charge on any atom is -0.478 e. The van der Waals surface area contributed by atoms with Crippen LogP contribution >= 0.6 is 0 Å². The molecule has 1 aromatic heterocycles. The average molecular weight is 271 g/mol. The molecule has 0 saturated heterocycles. The summed E-state index contributed by atoms with van der Waals surface area (Å²) in [6.45, 7) is 0.480. The summed E-state index contributed by atoms with van der Waals surface area (Å²) in [5.41, 5.74) is 1.13. The van der Waals surface area contributed by atoms with Crippen molar-refractivity contribution in [1.29, 1.82) is 0 Å². The van der Waals surface area contributed by atoms with Crippen LogP contribution in [0.4, 0.5) is 0 Å². The van der Waals surface area contributed by atoms with Crippen molar-refractivity contribution in [3.63, 3.8) is 0 Å². The minimum absolute atomic E-state index is 0.238. The highest BCUT2D eigenvalue weighted by atomic mass is 16.4. The first-order valence-electron chi connectivity index (χ1n) is 5.95. The zero-order valence-corrected chi connectivity index (χ0v) is 10.6. The Hall–Kier alpha value is -2.82. The van der Waals surface area contributed by atoms with Crippen LogP contribution in [0.25, 0.3) is 5.57 Å². The number of aromatic nitrogens is 1. The third-order valence-electron chi connectivity index (χ3n) is 2.80. The fourth-order valence-corrected chi connectivity index (χ4v) is 1.95. The van der Waals surface area contributed by atoms with E-state index in [4.69, 9.17) is 10.2 Å². The van der Waals surface area contributed by atoms with Crippen molar-refractivity contribution in [3.8, 4) is 0 Å². The second-order valence-electron chi connectivity index (χ2n) is 4.21. The summed E-state index contributed by atoms with van der Waals surface area (Å²) in [5, 5.41) is 17.9. The van der Waals surface area contributed by atoms with E-state index in [1.54, 1.807) is 22.9 Å². The fraction of sp³-hybridized carbons (Fsp3) is 0.0667. The molecular weight excluding hydrogens is 258 g/mol. The van der Waals surface area contributed by atoms with Gasteiger partial charge in [0.1, 0.15) is 0 Å². The molecule has 0 fully saturated rings. The lowest BCUT2D eigenvalue weighted by Crippen LogP contribution is -2.09. The molecule has 0 radical (unpaired) electrons. The van der Waals surface area contributed by atoms with Gasteiger partial charge >= 0.3 is 11.9 Å². The fourth-order valence-electron chi connectivity index (χ4n) is 1.95. The van der Waals surface area contributed by atoms with Gasteiger partial charge in [-0.15, -0.1) is 0 Å². The van der Waals surface area contributed by atoms with Crippen LogP contribution in [0, 0.1) is 0 Å². The number of hydrogen-bond donors (Lipinski definition) is 2. The van der Waals surface area contributed by atoms with Crippen molar-refractivity contribution < 1.29 is 19.8 Å². The molecule has 5 heteroatoms. The molecule has 0 saturated carbocycles. The molecule has 20 heavy (non-hydrogen) atoms. The van der Waals surface area contributed by atoms with Crippen molar-refractivity contribution in [1.82, 2.24) is 4.57 Å². The Labute approximate surface area is 115 Å². The van der Waals surface area contributed by atoms with Crippen LogP contribution in [0.1, 0.15) is 11.3 Å². The van der Waals surface area contributed by atoms with Crippen LogP contribution in [0.2, 0.25) is 0 Å². The first-order chi connectivity index (χ1) is 9.58. The van der Waals surface area contributed by atoms with Gasteiger partial charge in [0.2, 0.25) is 0 Å². The first-order valence-corrected chi connectivity index (χ1v) is 5.95.